The van der Waals surface area contributed by atoms with Crippen molar-refractivity contribution in [1.82, 2.24) is 15.4 Å². The molecule has 2 aliphatic rings. The van der Waals surface area contributed by atoms with Gasteiger partial charge >= 0.3 is 6.03 Å². The van der Waals surface area contributed by atoms with E-state index in [1.54, 1.807) is 0 Å². The molecule has 1 aliphatic carbocycles. The summed E-state index contributed by atoms with van der Waals surface area (Å²) in [6, 6.07) is 10.4. The lowest BCUT2D eigenvalue weighted by molar-refractivity contribution is 0.178. The van der Waals surface area contributed by atoms with Crippen molar-refractivity contribution in [2.24, 2.45) is 0 Å². The number of nitrogens with zero attached hydrogens (tertiary/aromatic N) is 2. The van der Waals surface area contributed by atoms with Crippen molar-refractivity contribution in [3.8, 4) is 0 Å². The molecule has 0 unspecified atom stereocenters. The zero-order valence-corrected chi connectivity index (χ0v) is 13.3. The van der Waals surface area contributed by atoms with Gasteiger partial charge in [0.1, 0.15) is 0 Å². The molecule has 1 N–H and O–H groups in total. The Hall–Kier alpha value is -2.30. The Morgan fingerprint density at radius 1 is 1.35 bits per heavy atom. The molecule has 1 aromatic heterocycles. The Kier molecular flexibility index (Phi) is 3.56. The van der Waals surface area contributed by atoms with E-state index in [0.29, 0.717) is 0 Å². The van der Waals surface area contributed by atoms with E-state index in [0.717, 1.165) is 43.7 Å². The Bertz CT molecular complexity index is 725. The number of aryl methyl sites for hydroxylation is 2. The average molecular weight is 311 g/mol. The highest BCUT2D eigenvalue weighted by Crippen LogP contribution is 2.34. The Balaban J connectivity index is 1.49. The van der Waals surface area contributed by atoms with Crippen LogP contribution in [0.15, 0.2) is 34.9 Å². The normalized spacial score (nSPS) is 23.1. The molecule has 2 atom stereocenters. The second-order valence-electron chi connectivity index (χ2n) is 6.46. The predicted octanol–water partition coefficient (Wildman–Crippen LogP) is 3.52. The first-order valence-electron chi connectivity index (χ1n) is 8.30. The summed E-state index contributed by atoms with van der Waals surface area (Å²) in [6.45, 7) is 2.67. The van der Waals surface area contributed by atoms with Crippen LogP contribution in [0.4, 0.5) is 4.79 Å². The molecule has 0 spiro atoms. The molecular formula is C18H21N3O2. The maximum Gasteiger partial charge on any atom is 0.318 e. The lowest BCUT2D eigenvalue weighted by Gasteiger charge is -2.25. The number of likely N-dealkylation sites (tertiary alicyclic amines) is 1. The van der Waals surface area contributed by atoms with Crippen LogP contribution in [0.5, 0.6) is 0 Å². The molecule has 0 bridgehead atoms. The topological polar surface area (TPSA) is 58.4 Å². The van der Waals surface area contributed by atoms with Crippen molar-refractivity contribution >= 4 is 6.03 Å². The van der Waals surface area contributed by atoms with E-state index in [1.807, 2.05) is 24.0 Å². The van der Waals surface area contributed by atoms with Gasteiger partial charge in [-0.15, -0.1) is 0 Å². The molecular weight excluding hydrogens is 290 g/mol. The predicted molar refractivity (Wildman–Crippen MR) is 86.0 cm³/mol. The van der Waals surface area contributed by atoms with Crippen molar-refractivity contribution in [2.75, 3.05) is 6.54 Å². The van der Waals surface area contributed by atoms with E-state index in [-0.39, 0.29) is 18.1 Å². The standard InChI is InChI=1S/C18H21N3O2/c1-12-11-17(23-20-12)16-7-4-10-21(16)18(22)19-15-9-8-13-5-2-3-6-14(13)15/h2-3,5-6,11,15-16H,4,7-10H2,1H3,(H,19,22)/t15-,16-/m1/s1. The quantitative estimate of drug-likeness (QED) is 0.923. The number of aromatic nitrogens is 1. The molecule has 2 amide bonds. The second kappa shape index (κ2) is 5.72. The summed E-state index contributed by atoms with van der Waals surface area (Å²) in [5, 5.41) is 7.16. The van der Waals surface area contributed by atoms with E-state index >= 15 is 0 Å². The third-order valence-electron chi connectivity index (χ3n) is 4.92. The third kappa shape index (κ3) is 2.60. The Morgan fingerprint density at radius 2 is 2.22 bits per heavy atom. The van der Waals surface area contributed by atoms with Crippen LogP contribution in [0.2, 0.25) is 0 Å². The van der Waals surface area contributed by atoms with Gasteiger partial charge in [-0.1, -0.05) is 29.4 Å². The maximum atomic E-state index is 12.8. The summed E-state index contributed by atoms with van der Waals surface area (Å²) in [5.74, 6) is 0.793. The molecule has 1 aliphatic heterocycles. The van der Waals surface area contributed by atoms with Gasteiger partial charge in [-0.3, -0.25) is 0 Å². The van der Waals surface area contributed by atoms with Crippen LogP contribution in [-0.4, -0.2) is 22.6 Å². The summed E-state index contributed by atoms with van der Waals surface area (Å²) in [6.07, 6.45) is 3.94. The molecule has 23 heavy (non-hydrogen) atoms. The lowest BCUT2D eigenvalue weighted by Crippen LogP contribution is -2.40. The number of benzene rings is 1. The van der Waals surface area contributed by atoms with Gasteiger partial charge in [0.25, 0.3) is 0 Å². The number of hydrogen-bond donors (Lipinski definition) is 1. The third-order valence-corrected chi connectivity index (χ3v) is 4.92. The van der Waals surface area contributed by atoms with E-state index in [1.165, 1.54) is 11.1 Å². The minimum Gasteiger partial charge on any atom is -0.359 e. The van der Waals surface area contributed by atoms with Gasteiger partial charge in [-0.05, 0) is 43.7 Å². The molecule has 0 radical (unpaired) electrons. The summed E-state index contributed by atoms with van der Waals surface area (Å²) in [7, 11) is 0. The number of carbonyl (C=O) groups excluding carboxylic acids is 1. The molecule has 1 saturated heterocycles. The molecule has 5 heteroatoms. The van der Waals surface area contributed by atoms with Crippen LogP contribution < -0.4 is 5.32 Å². The zero-order valence-electron chi connectivity index (χ0n) is 13.3. The molecule has 1 aromatic carbocycles. The number of fused-ring (bicyclic) bond motifs is 1. The highest BCUT2D eigenvalue weighted by molar-refractivity contribution is 5.75. The van der Waals surface area contributed by atoms with Gasteiger partial charge < -0.3 is 14.7 Å². The molecule has 120 valence electrons. The number of urea groups is 1. The monoisotopic (exact) mass is 311 g/mol. The largest absolute Gasteiger partial charge is 0.359 e. The number of carbonyl (C=O) groups is 1. The lowest BCUT2D eigenvalue weighted by atomic mass is 10.1. The zero-order chi connectivity index (χ0) is 15.8. The van der Waals surface area contributed by atoms with Gasteiger partial charge in [0.05, 0.1) is 17.8 Å². The fraction of sp³-hybridized carbons (Fsp3) is 0.444. The summed E-state index contributed by atoms with van der Waals surface area (Å²) in [4.78, 5) is 14.6. The van der Waals surface area contributed by atoms with E-state index in [2.05, 4.69) is 28.7 Å². The fourth-order valence-electron chi connectivity index (χ4n) is 3.78. The van der Waals surface area contributed by atoms with Crippen molar-refractivity contribution in [2.45, 2.75) is 44.7 Å². The van der Waals surface area contributed by atoms with Crippen molar-refractivity contribution in [1.29, 1.82) is 0 Å². The number of hydrogen-bond acceptors (Lipinski definition) is 3. The van der Waals surface area contributed by atoms with Crippen LogP contribution in [0.1, 0.15) is 53.9 Å². The fourth-order valence-corrected chi connectivity index (χ4v) is 3.78. The average Bonchev–Trinajstić information content (AvgIpc) is 3.26. The number of nitrogens with one attached hydrogen (secondary N) is 1. The minimum absolute atomic E-state index is 0.00301. The molecule has 1 fully saturated rings. The highest BCUT2D eigenvalue weighted by Gasteiger charge is 2.34. The smallest absolute Gasteiger partial charge is 0.318 e. The summed E-state index contributed by atoms with van der Waals surface area (Å²) in [5.41, 5.74) is 3.46. The Morgan fingerprint density at radius 3 is 3.04 bits per heavy atom. The van der Waals surface area contributed by atoms with Gasteiger partial charge in [0.2, 0.25) is 0 Å². The van der Waals surface area contributed by atoms with Gasteiger partial charge in [0, 0.05) is 12.6 Å². The maximum absolute atomic E-state index is 12.8. The summed E-state index contributed by atoms with van der Waals surface area (Å²) < 4.78 is 5.38. The van der Waals surface area contributed by atoms with E-state index < -0.39 is 0 Å². The van der Waals surface area contributed by atoms with Crippen molar-refractivity contribution < 1.29 is 9.32 Å². The first-order valence-corrected chi connectivity index (χ1v) is 8.30. The minimum atomic E-state index is 0.00301. The summed E-state index contributed by atoms with van der Waals surface area (Å²) >= 11 is 0. The molecule has 2 heterocycles. The molecule has 5 nitrogen and oxygen atoms in total. The van der Waals surface area contributed by atoms with Gasteiger partial charge in [0.15, 0.2) is 5.76 Å². The number of amides is 2. The van der Waals surface area contributed by atoms with Gasteiger partial charge in [-0.25, -0.2) is 4.79 Å². The molecule has 2 aromatic rings. The van der Waals surface area contributed by atoms with Crippen LogP contribution in [0.25, 0.3) is 0 Å². The van der Waals surface area contributed by atoms with E-state index in [4.69, 9.17) is 4.52 Å². The first-order chi connectivity index (χ1) is 11.2. The molecule has 4 rings (SSSR count). The van der Waals surface area contributed by atoms with Crippen LogP contribution in [0.3, 0.4) is 0 Å². The van der Waals surface area contributed by atoms with Crippen LogP contribution in [-0.2, 0) is 6.42 Å². The highest BCUT2D eigenvalue weighted by atomic mass is 16.5. The SMILES string of the molecule is Cc1cc([C@H]2CCCN2C(=O)N[C@@H]2CCc3ccccc32)on1. The Labute approximate surface area is 135 Å². The second-order valence-corrected chi connectivity index (χ2v) is 6.46. The van der Waals surface area contributed by atoms with E-state index in [9.17, 15) is 4.79 Å². The van der Waals surface area contributed by atoms with Crippen molar-refractivity contribution in [3.05, 3.63) is 52.9 Å². The van der Waals surface area contributed by atoms with Crippen LogP contribution in [0, 0.1) is 6.92 Å². The van der Waals surface area contributed by atoms with Crippen LogP contribution >= 0.6 is 0 Å². The van der Waals surface area contributed by atoms with Gasteiger partial charge in [-0.2, -0.15) is 0 Å². The van der Waals surface area contributed by atoms with Crippen molar-refractivity contribution in [3.63, 3.8) is 0 Å². The number of rotatable bonds is 2. The first kappa shape index (κ1) is 14.3. The molecule has 0 saturated carbocycles.